The zero-order valence-electron chi connectivity index (χ0n) is 18.9. The molecule has 0 spiro atoms. The van der Waals surface area contributed by atoms with Gasteiger partial charge >= 0.3 is 12.0 Å². The summed E-state index contributed by atoms with van der Waals surface area (Å²) < 4.78 is 12.3. The van der Waals surface area contributed by atoms with Gasteiger partial charge in [0.05, 0.1) is 19.3 Å². The van der Waals surface area contributed by atoms with E-state index in [-0.39, 0.29) is 23.6 Å². The number of anilines is 1. The zero-order valence-corrected chi connectivity index (χ0v) is 18.9. The molecular formula is C26H19N3O7. The van der Waals surface area contributed by atoms with Gasteiger partial charge in [0.15, 0.2) is 0 Å². The molecule has 2 aromatic carbocycles. The first-order chi connectivity index (χ1) is 17.4. The Hall–Kier alpha value is -5.12. The Balaban J connectivity index is 1.53. The summed E-state index contributed by atoms with van der Waals surface area (Å²) in [6.45, 7) is 0.230. The van der Waals surface area contributed by atoms with E-state index in [1.807, 2.05) is 28.8 Å². The standard InChI is InChI=1S/C26H19N3O7/c1-35-17-8-6-16(7-9-17)29-24(31)20(23(30)27-26(29)34)12-15-13-28(21-5-3-2-4-19(15)21)14-18-10-11-22(36-18)25(32)33/h2-13H,14H2,1H3,(H,32,33)(H,27,30,34). The lowest BCUT2D eigenvalue weighted by molar-refractivity contribution is -0.122. The van der Waals surface area contributed by atoms with Crippen LogP contribution in [0.1, 0.15) is 21.9 Å². The van der Waals surface area contributed by atoms with E-state index in [1.165, 1.54) is 19.3 Å². The number of methoxy groups -OCH3 is 1. The van der Waals surface area contributed by atoms with Crippen molar-refractivity contribution in [2.45, 2.75) is 6.54 Å². The fraction of sp³-hybridized carbons (Fsp3) is 0.0769. The number of imide groups is 2. The highest BCUT2D eigenvalue weighted by atomic mass is 16.5. The zero-order chi connectivity index (χ0) is 25.4. The van der Waals surface area contributed by atoms with Gasteiger partial charge in [-0.25, -0.2) is 14.5 Å². The topological polar surface area (TPSA) is 131 Å². The third-order valence-corrected chi connectivity index (χ3v) is 5.75. The number of furan rings is 1. The van der Waals surface area contributed by atoms with Crippen molar-refractivity contribution in [1.82, 2.24) is 9.88 Å². The number of nitrogens with one attached hydrogen (secondary N) is 1. The summed E-state index contributed by atoms with van der Waals surface area (Å²) in [5.74, 6) is -1.92. The fourth-order valence-electron chi connectivity index (χ4n) is 4.05. The molecule has 0 radical (unpaired) electrons. The number of fused-ring (bicyclic) bond motifs is 1. The van der Waals surface area contributed by atoms with E-state index < -0.39 is 23.8 Å². The van der Waals surface area contributed by atoms with Crippen molar-refractivity contribution in [3.8, 4) is 5.75 Å². The number of amides is 4. The summed E-state index contributed by atoms with van der Waals surface area (Å²) in [7, 11) is 1.50. The molecular weight excluding hydrogens is 466 g/mol. The van der Waals surface area contributed by atoms with Crippen molar-refractivity contribution in [3.63, 3.8) is 0 Å². The molecule has 36 heavy (non-hydrogen) atoms. The monoisotopic (exact) mass is 485 g/mol. The molecule has 180 valence electrons. The maximum absolute atomic E-state index is 13.3. The van der Waals surface area contributed by atoms with Crippen LogP contribution in [0.3, 0.4) is 0 Å². The summed E-state index contributed by atoms with van der Waals surface area (Å²) in [5, 5.41) is 12.1. The van der Waals surface area contributed by atoms with Crippen molar-refractivity contribution in [2.75, 3.05) is 12.0 Å². The molecule has 10 nitrogen and oxygen atoms in total. The van der Waals surface area contributed by atoms with Crippen molar-refractivity contribution < 1.29 is 33.4 Å². The van der Waals surface area contributed by atoms with Crippen LogP contribution in [0.5, 0.6) is 5.75 Å². The van der Waals surface area contributed by atoms with Crippen molar-refractivity contribution in [1.29, 1.82) is 0 Å². The van der Waals surface area contributed by atoms with Gasteiger partial charge in [-0.3, -0.25) is 14.9 Å². The minimum atomic E-state index is -1.16. The van der Waals surface area contributed by atoms with Gasteiger partial charge in [-0.2, -0.15) is 0 Å². The molecule has 2 N–H and O–H groups in total. The van der Waals surface area contributed by atoms with E-state index in [0.717, 1.165) is 15.8 Å². The molecule has 1 aliphatic rings. The first-order valence-electron chi connectivity index (χ1n) is 10.8. The van der Waals surface area contributed by atoms with Crippen LogP contribution in [0.4, 0.5) is 10.5 Å². The number of carboxylic acids is 1. The average Bonchev–Trinajstić information content (AvgIpc) is 3.48. The Morgan fingerprint density at radius 2 is 1.81 bits per heavy atom. The number of hydrogen-bond donors (Lipinski definition) is 2. The minimum absolute atomic E-state index is 0.170. The van der Waals surface area contributed by atoms with Crippen LogP contribution in [0.15, 0.2) is 76.9 Å². The molecule has 0 saturated carbocycles. The van der Waals surface area contributed by atoms with Gasteiger partial charge in [-0.15, -0.1) is 0 Å². The van der Waals surface area contributed by atoms with Gasteiger partial charge in [0.2, 0.25) is 5.76 Å². The molecule has 2 aromatic heterocycles. The Morgan fingerprint density at radius 1 is 1.06 bits per heavy atom. The Kier molecular flexibility index (Phi) is 5.61. The molecule has 0 aliphatic carbocycles. The number of para-hydroxylation sites is 1. The van der Waals surface area contributed by atoms with E-state index in [0.29, 0.717) is 17.1 Å². The van der Waals surface area contributed by atoms with Crippen LogP contribution in [0.2, 0.25) is 0 Å². The number of barbiturate groups is 1. The number of nitrogens with zero attached hydrogens (tertiary/aromatic N) is 2. The minimum Gasteiger partial charge on any atom is -0.497 e. The number of carbonyl (C=O) groups excluding carboxylic acids is 3. The molecule has 0 unspecified atom stereocenters. The summed E-state index contributed by atoms with van der Waals surface area (Å²) in [4.78, 5) is 50.5. The summed E-state index contributed by atoms with van der Waals surface area (Å²) >= 11 is 0. The third kappa shape index (κ3) is 4.00. The van der Waals surface area contributed by atoms with Crippen LogP contribution in [-0.4, -0.2) is 40.6 Å². The van der Waals surface area contributed by atoms with Crippen LogP contribution < -0.4 is 15.0 Å². The SMILES string of the molecule is COc1ccc(N2C(=O)NC(=O)C(=Cc3cn(Cc4ccc(C(=O)O)o4)c4ccccc34)C2=O)cc1. The first-order valence-corrected chi connectivity index (χ1v) is 10.8. The van der Waals surface area contributed by atoms with Gasteiger partial charge < -0.3 is 18.8 Å². The lowest BCUT2D eigenvalue weighted by Gasteiger charge is -2.26. The molecule has 1 aliphatic heterocycles. The number of ether oxygens (including phenoxy) is 1. The number of carboxylic acid groups (broad SMARTS) is 1. The number of hydrogen-bond acceptors (Lipinski definition) is 6. The van der Waals surface area contributed by atoms with Gasteiger partial charge in [-0.1, -0.05) is 18.2 Å². The van der Waals surface area contributed by atoms with Crippen molar-refractivity contribution in [3.05, 3.63) is 89.5 Å². The van der Waals surface area contributed by atoms with Gasteiger partial charge in [0, 0.05) is 22.7 Å². The highest BCUT2D eigenvalue weighted by Crippen LogP contribution is 2.28. The smallest absolute Gasteiger partial charge is 0.371 e. The highest BCUT2D eigenvalue weighted by Gasteiger charge is 2.37. The first kappa shape index (κ1) is 22.7. The fourth-order valence-corrected chi connectivity index (χ4v) is 4.05. The largest absolute Gasteiger partial charge is 0.497 e. The van der Waals surface area contributed by atoms with Crippen molar-refractivity contribution in [2.24, 2.45) is 0 Å². The highest BCUT2D eigenvalue weighted by molar-refractivity contribution is 6.39. The maximum atomic E-state index is 13.3. The van der Waals surface area contributed by atoms with E-state index in [9.17, 15) is 19.2 Å². The second-order valence-corrected chi connectivity index (χ2v) is 7.96. The van der Waals surface area contributed by atoms with Crippen molar-refractivity contribution >= 4 is 46.5 Å². The third-order valence-electron chi connectivity index (χ3n) is 5.75. The van der Waals surface area contributed by atoms with E-state index in [4.69, 9.17) is 14.3 Å². The number of urea groups is 1. The normalized spacial score (nSPS) is 15.0. The Labute approximate surface area is 204 Å². The summed E-state index contributed by atoms with van der Waals surface area (Å²) in [5.41, 5.74) is 1.42. The number of aromatic nitrogens is 1. The lowest BCUT2D eigenvalue weighted by Crippen LogP contribution is -2.54. The number of rotatable bonds is 6. The molecule has 4 amide bonds. The maximum Gasteiger partial charge on any atom is 0.371 e. The quantitative estimate of drug-likeness (QED) is 0.315. The van der Waals surface area contributed by atoms with Gasteiger partial charge in [0.25, 0.3) is 11.8 Å². The molecule has 1 saturated heterocycles. The lowest BCUT2D eigenvalue weighted by atomic mass is 10.1. The summed E-state index contributed by atoms with van der Waals surface area (Å²) in [6, 6.07) is 15.8. The summed E-state index contributed by atoms with van der Waals surface area (Å²) in [6.07, 6.45) is 3.17. The van der Waals surface area contributed by atoms with E-state index in [1.54, 1.807) is 36.5 Å². The molecule has 1 fully saturated rings. The predicted octanol–water partition coefficient (Wildman–Crippen LogP) is 3.66. The number of carbonyl (C=O) groups is 4. The van der Waals surface area contributed by atoms with Gasteiger partial charge in [-0.05, 0) is 48.5 Å². The molecule has 3 heterocycles. The second-order valence-electron chi connectivity index (χ2n) is 7.96. The molecule has 5 rings (SSSR count). The number of aromatic carboxylic acids is 1. The number of benzene rings is 2. The Morgan fingerprint density at radius 3 is 2.50 bits per heavy atom. The Bertz CT molecular complexity index is 1560. The van der Waals surface area contributed by atoms with Gasteiger partial charge in [0.1, 0.15) is 17.1 Å². The molecule has 10 heteroatoms. The van der Waals surface area contributed by atoms with Crippen LogP contribution in [0, 0.1) is 0 Å². The van der Waals surface area contributed by atoms with E-state index >= 15 is 0 Å². The predicted molar refractivity (Wildman–Crippen MR) is 129 cm³/mol. The molecule has 0 atom stereocenters. The van der Waals surface area contributed by atoms with Crippen LogP contribution in [-0.2, 0) is 16.1 Å². The van der Waals surface area contributed by atoms with Crippen LogP contribution in [0.25, 0.3) is 17.0 Å². The molecule has 0 bridgehead atoms. The average molecular weight is 485 g/mol. The van der Waals surface area contributed by atoms with E-state index in [2.05, 4.69) is 5.32 Å². The second kappa shape index (κ2) is 8.91. The molecule has 4 aromatic rings. The van der Waals surface area contributed by atoms with Crippen LogP contribution >= 0.6 is 0 Å².